The predicted molar refractivity (Wildman–Crippen MR) is 193 cm³/mol. The SMILES string of the molecule is CCCCCCCCCC[N+](C)(CCCCCCCCCC)CCC[C@]1(O)CC[C@H]2[C@@H]3CCc4cc(O)ccc4[C@H]3CC[C@@]21C. The third-order valence-electron chi connectivity index (χ3n) is 13.4. The van der Waals surface area contributed by atoms with Crippen molar-refractivity contribution >= 4 is 0 Å². The van der Waals surface area contributed by atoms with Crippen LogP contribution in [0.25, 0.3) is 0 Å². The summed E-state index contributed by atoms with van der Waals surface area (Å²) in [6.07, 6.45) is 31.4. The summed E-state index contributed by atoms with van der Waals surface area (Å²) in [6, 6.07) is 6.13. The molecule has 1 aromatic carbocycles. The molecule has 0 aromatic heterocycles. The van der Waals surface area contributed by atoms with Crippen molar-refractivity contribution in [2.45, 2.75) is 186 Å². The first-order valence-corrected chi connectivity index (χ1v) is 20.1. The Balaban J connectivity index is 1.28. The zero-order chi connectivity index (χ0) is 32.2. The molecule has 2 saturated carbocycles. The Bertz CT molecular complexity index is 971. The standard InChI is InChI=1S/C42H73NO2/c1-5-7-9-11-13-15-17-19-31-43(4,32-20-18-16-14-12-10-8-6-2)33-21-28-42(45)30-27-40-39-24-22-35-34-36(44)23-25-37(35)38(39)26-29-41(40,42)3/h23,25,34,38-40,45H,5-22,24,26-33H2,1-4H3/p+1/t38-,39-,40+,41+,42+/m1/s1. The van der Waals surface area contributed by atoms with Crippen LogP contribution >= 0.6 is 0 Å². The van der Waals surface area contributed by atoms with Gasteiger partial charge >= 0.3 is 0 Å². The molecule has 0 bridgehead atoms. The van der Waals surface area contributed by atoms with E-state index in [1.54, 1.807) is 0 Å². The van der Waals surface area contributed by atoms with Crippen LogP contribution in [0.15, 0.2) is 18.2 Å². The monoisotopic (exact) mass is 625 g/mol. The number of hydrogen-bond donors (Lipinski definition) is 2. The van der Waals surface area contributed by atoms with Crippen molar-refractivity contribution in [2.24, 2.45) is 17.3 Å². The molecule has 0 spiro atoms. The smallest absolute Gasteiger partial charge is 0.115 e. The fourth-order valence-electron chi connectivity index (χ4n) is 10.4. The van der Waals surface area contributed by atoms with Gasteiger partial charge in [-0.25, -0.2) is 0 Å². The van der Waals surface area contributed by atoms with Crippen molar-refractivity contribution < 1.29 is 14.7 Å². The van der Waals surface area contributed by atoms with Crippen molar-refractivity contribution in [3.05, 3.63) is 29.3 Å². The van der Waals surface area contributed by atoms with E-state index < -0.39 is 5.60 Å². The first kappa shape index (κ1) is 36.8. The van der Waals surface area contributed by atoms with Gasteiger partial charge < -0.3 is 14.7 Å². The van der Waals surface area contributed by atoms with Gasteiger partial charge in [-0.2, -0.15) is 0 Å². The van der Waals surface area contributed by atoms with Crippen LogP contribution in [0.3, 0.4) is 0 Å². The van der Waals surface area contributed by atoms with Gasteiger partial charge in [-0.15, -0.1) is 0 Å². The van der Waals surface area contributed by atoms with E-state index in [1.165, 1.54) is 164 Å². The molecule has 3 heteroatoms. The second-order valence-corrected chi connectivity index (χ2v) is 16.7. The van der Waals surface area contributed by atoms with Gasteiger partial charge in [0.15, 0.2) is 0 Å². The fourth-order valence-corrected chi connectivity index (χ4v) is 10.4. The van der Waals surface area contributed by atoms with Gasteiger partial charge in [-0.05, 0) is 123 Å². The lowest BCUT2D eigenvalue weighted by Gasteiger charge is -2.53. The second-order valence-electron chi connectivity index (χ2n) is 16.7. The van der Waals surface area contributed by atoms with Crippen molar-refractivity contribution in [1.82, 2.24) is 0 Å². The molecule has 45 heavy (non-hydrogen) atoms. The Morgan fingerprint density at radius 3 is 1.87 bits per heavy atom. The number of rotatable bonds is 22. The second kappa shape index (κ2) is 17.9. The molecular weight excluding hydrogens is 550 g/mol. The van der Waals surface area contributed by atoms with Crippen molar-refractivity contribution in [1.29, 1.82) is 0 Å². The molecule has 5 atom stereocenters. The third kappa shape index (κ3) is 9.74. The van der Waals surface area contributed by atoms with Gasteiger partial charge in [0.25, 0.3) is 0 Å². The Labute approximate surface area is 279 Å². The number of nitrogens with zero attached hydrogens (tertiary/aromatic N) is 1. The van der Waals surface area contributed by atoms with Gasteiger partial charge in [0.1, 0.15) is 5.75 Å². The quantitative estimate of drug-likeness (QED) is 0.0995. The Kier molecular flexibility index (Phi) is 14.6. The minimum atomic E-state index is -0.500. The molecule has 2 fully saturated rings. The van der Waals surface area contributed by atoms with Gasteiger partial charge in [0.2, 0.25) is 0 Å². The van der Waals surface area contributed by atoms with Crippen molar-refractivity contribution in [3.8, 4) is 5.75 Å². The third-order valence-corrected chi connectivity index (χ3v) is 13.4. The molecule has 0 radical (unpaired) electrons. The fraction of sp³-hybridized carbons (Fsp3) is 0.857. The summed E-state index contributed by atoms with van der Waals surface area (Å²) >= 11 is 0. The largest absolute Gasteiger partial charge is 0.508 e. The van der Waals surface area contributed by atoms with E-state index in [1.807, 2.05) is 12.1 Å². The zero-order valence-electron chi connectivity index (χ0n) is 30.4. The number of phenolic OH excluding ortho intramolecular Hbond substituents is 1. The van der Waals surface area contributed by atoms with Gasteiger partial charge in [0, 0.05) is 0 Å². The molecule has 0 amide bonds. The highest BCUT2D eigenvalue weighted by molar-refractivity contribution is 5.40. The lowest BCUT2D eigenvalue weighted by atomic mass is 9.53. The van der Waals surface area contributed by atoms with Crippen LogP contribution in [-0.2, 0) is 6.42 Å². The molecule has 258 valence electrons. The van der Waals surface area contributed by atoms with E-state index in [2.05, 4.69) is 33.9 Å². The predicted octanol–water partition coefficient (Wildman–Crippen LogP) is 11.5. The number of aryl methyl sites for hydroxylation is 1. The van der Waals surface area contributed by atoms with Gasteiger partial charge in [0.05, 0.1) is 32.3 Å². The average molecular weight is 625 g/mol. The normalized spacial score (nSPS) is 27.7. The molecule has 0 unspecified atom stereocenters. The number of benzene rings is 1. The highest BCUT2D eigenvalue weighted by Crippen LogP contribution is 2.65. The summed E-state index contributed by atoms with van der Waals surface area (Å²) < 4.78 is 1.22. The van der Waals surface area contributed by atoms with E-state index in [-0.39, 0.29) is 5.41 Å². The molecule has 1 aromatic rings. The maximum absolute atomic E-state index is 12.4. The molecule has 0 heterocycles. The van der Waals surface area contributed by atoms with Crippen LogP contribution in [0.1, 0.15) is 185 Å². The number of phenols is 1. The summed E-state index contributed by atoms with van der Waals surface area (Å²) in [4.78, 5) is 0. The summed E-state index contributed by atoms with van der Waals surface area (Å²) in [6.45, 7) is 11.0. The van der Waals surface area contributed by atoms with Crippen LogP contribution in [0.4, 0.5) is 0 Å². The number of unbranched alkanes of at least 4 members (excludes halogenated alkanes) is 14. The number of aliphatic hydroxyl groups is 1. The molecule has 4 rings (SSSR count). The minimum absolute atomic E-state index is 0.0571. The van der Waals surface area contributed by atoms with Crippen LogP contribution < -0.4 is 0 Å². The average Bonchev–Trinajstić information content (AvgIpc) is 3.29. The number of aromatic hydroxyl groups is 1. The summed E-state index contributed by atoms with van der Waals surface area (Å²) in [5, 5.41) is 22.5. The Morgan fingerprint density at radius 2 is 1.27 bits per heavy atom. The number of hydrogen-bond acceptors (Lipinski definition) is 2. The maximum atomic E-state index is 12.4. The lowest BCUT2D eigenvalue weighted by Crippen LogP contribution is -2.52. The van der Waals surface area contributed by atoms with Crippen LogP contribution in [0, 0.1) is 17.3 Å². The van der Waals surface area contributed by atoms with Crippen LogP contribution in [0.2, 0.25) is 0 Å². The van der Waals surface area contributed by atoms with E-state index in [0.717, 1.165) is 25.7 Å². The molecule has 2 N–H and O–H groups in total. The number of fused-ring (bicyclic) bond motifs is 5. The number of quaternary nitrogens is 1. The molecular formula is C42H74NO2+. The molecule has 3 aliphatic carbocycles. The van der Waals surface area contributed by atoms with E-state index >= 15 is 0 Å². The summed E-state index contributed by atoms with van der Waals surface area (Å²) in [7, 11) is 2.55. The van der Waals surface area contributed by atoms with E-state index in [0.29, 0.717) is 23.5 Å². The summed E-state index contributed by atoms with van der Waals surface area (Å²) in [5.74, 6) is 2.37. The Morgan fingerprint density at radius 1 is 0.711 bits per heavy atom. The molecule has 0 saturated heterocycles. The maximum Gasteiger partial charge on any atom is 0.115 e. The van der Waals surface area contributed by atoms with Gasteiger partial charge in [-0.1, -0.05) is 104 Å². The molecule has 3 aliphatic rings. The zero-order valence-corrected chi connectivity index (χ0v) is 30.4. The highest BCUT2D eigenvalue weighted by atomic mass is 16.3. The van der Waals surface area contributed by atoms with Crippen molar-refractivity contribution in [2.75, 3.05) is 26.7 Å². The molecule has 3 nitrogen and oxygen atoms in total. The van der Waals surface area contributed by atoms with Crippen LogP contribution in [0.5, 0.6) is 5.75 Å². The van der Waals surface area contributed by atoms with Crippen molar-refractivity contribution in [3.63, 3.8) is 0 Å². The topological polar surface area (TPSA) is 40.5 Å². The first-order valence-electron chi connectivity index (χ1n) is 20.1. The summed E-state index contributed by atoms with van der Waals surface area (Å²) in [5.41, 5.74) is 2.43. The van der Waals surface area contributed by atoms with Gasteiger partial charge in [-0.3, -0.25) is 0 Å². The van der Waals surface area contributed by atoms with Crippen LogP contribution in [-0.4, -0.2) is 47.0 Å². The Hall–Kier alpha value is -1.06. The van der Waals surface area contributed by atoms with E-state index in [4.69, 9.17) is 0 Å². The molecule has 0 aliphatic heterocycles. The van der Waals surface area contributed by atoms with E-state index in [9.17, 15) is 10.2 Å². The minimum Gasteiger partial charge on any atom is -0.508 e. The first-order chi connectivity index (χ1) is 21.8. The lowest BCUT2D eigenvalue weighted by molar-refractivity contribution is -0.910. The highest BCUT2D eigenvalue weighted by Gasteiger charge is 2.61.